The minimum Gasteiger partial charge on any atom is -0.481 e. The molecule has 0 atom stereocenters. The molecule has 9 nitrogen and oxygen atoms in total. The molecule has 9 heteroatoms. The molecule has 0 saturated carbocycles. The number of carboxylic acids is 1. The fourth-order valence-electron chi connectivity index (χ4n) is 3.15. The van der Waals surface area contributed by atoms with Crippen molar-refractivity contribution in [3.63, 3.8) is 0 Å². The number of carbonyl (C=O) groups is 3. The Labute approximate surface area is 185 Å². The van der Waals surface area contributed by atoms with E-state index in [0.29, 0.717) is 11.4 Å². The maximum atomic E-state index is 13.6. The average Bonchev–Trinajstić information content (AvgIpc) is 2.85. The van der Waals surface area contributed by atoms with Crippen molar-refractivity contribution in [2.45, 2.75) is 26.4 Å². The molecule has 1 heterocycles. The third-order valence-electron chi connectivity index (χ3n) is 4.54. The lowest BCUT2D eigenvalue weighted by molar-refractivity contribution is -0.139. The van der Waals surface area contributed by atoms with Crippen molar-refractivity contribution < 1.29 is 38.4 Å². The molecule has 1 N–H and O–H groups in total. The molecule has 3 rings (SSSR count). The molecule has 1 aliphatic rings. The first kappa shape index (κ1) is 23.1. The minimum atomic E-state index is -1.17. The molecular formula is C23H25NO8. The molecule has 0 spiro atoms. The number of hydrogen-bond acceptors (Lipinski definition) is 7. The topological polar surface area (TPSA) is 112 Å². The van der Waals surface area contributed by atoms with Gasteiger partial charge < -0.3 is 29.0 Å². The average molecular weight is 443 g/mol. The van der Waals surface area contributed by atoms with Gasteiger partial charge in [0.2, 0.25) is 0 Å². The van der Waals surface area contributed by atoms with Gasteiger partial charge in [0.05, 0.1) is 30.6 Å². The van der Waals surface area contributed by atoms with Gasteiger partial charge in [-0.15, -0.1) is 0 Å². The molecule has 2 aromatic rings. The zero-order valence-corrected chi connectivity index (χ0v) is 18.3. The lowest BCUT2D eigenvalue weighted by Crippen LogP contribution is -2.35. The number of aliphatic carboxylic acids is 1. The van der Waals surface area contributed by atoms with Gasteiger partial charge in [-0.1, -0.05) is 6.07 Å². The summed E-state index contributed by atoms with van der Waals surface area (Å²) in [6.45, 7) is 5.45. The van der Waals surface area contributed by atoms with E-state index in [1.165, 1.54) is 30.2 Å². The smallest absolute Gasteiger partial charge is 0.341 e. The van der Waals surface area contributed by atoms with Crippen LogP contribution >= 0.6 is 0 Å². The van der Waals surface area contributed by atoms with Crippen molar-refractivity contribution in [3.05, 3.63) is 47.5 Å². The molecule has 0 radical (unpaired) electrons. The predicted molar refractivity (Wildman–Crippen MR) is 115 cm³/mol. The number of benzene rings is 2. The highest BCUT2D eigenvalue weighted by molar-refractivity contribution is 6.12. The highest BCUT2D eigenvalue weighted by Crippen LogP contribution is 2.42. The molecule has 0 bridgehead atoms. The van der Waals surface area contributed by atoms with E-state index in [1.54, 1.807) is 18.2 Å². The summed E-state index contributed by atoms with van der Waals surface area (Å²) in [5, 5.41) is 8.98. The van der Waals surface area contributed by atoms with E-state index in [4.69, 9.17) is 24.1 Å². The molecule has 2 aromatic carbocycles. The van der Waals surface area contributed by atoms with Crippen molar-refractivity contribution in [2.24, 2.45) is 0 Å². The number of nitrogens with zero attached hydrogens (tertiary/aromatic N) is 1. The molecule has 0 fully saturated rings. The molecular weight excluding hydrogens is 418 g/mol. The molecule has 0 saturated heterocycles. The molecule has 0 aromatic heterocycles. The molecule has 1 amide bonds. The van der Waals surface area contributed by atoms with Crippen LogP contribution in [0.15, 0.2) is 36.4 Å². The molecule has 0 unspecified atom stereocenters. The van der Waals surface area contributed by atoms with Crippen molar-refractivity contribution in [3.8, 4) is 17.2 Å². The first-order valence-electron chi connectivity index (χ1n) is 9.94. The number of carboxylic acid groups (broad SMARTS) is 1. The van der Waals surface area contributed by atoms with Crippen molar-refractivity contribution >= 4 is 23.5 Å². The number of methoxy groups -OCH3 is 1. The van der Waals surface area contributed by atoms with Gasteiger partial charge in [0, 0.05) is 6.54 Å². The minimum absolute atomic E-state index is 0.0811. The van der Waals surface area contributed by atoms with Crippen molar-refractivity contribution in [1.29, 1.82) is 0 Å². The summed E-state index contributed by atoms with van der Waals surface area (Å²) in [5.74, 6) is -1.57. The maximum Gasteiger partial charge on any atom is 0.341 e. The Morgan fingerprint density at radius 1 is 1.12 bits per heavy atom. The third kappa shape index (κ3) is 5.17. The lowest BCUT2D eigenvalue weighted by Gasteiger charge is -2.26. The predicted octanol–water partition coefficient (Wildman–Crippen LogP) is 3.50. The van der Waals surface area contributed by atoms with E-state index < -0.39 is 30.1 Å². The summed E-state index contributed by atoms with van der Waals surface area (Å²) in [7, 11) is 1.27. The monoisotopic (exact) mass is 443 g/mol. The number of rotatable bonds is 7. The highest BCUT2D eigenvalue weighted by atomic mass is 16.5. The van der Waals surface area contributed by atoms with E-state index in [-0.39, 0.29) is 35.8 Å². The van der Waals surface area contributed by atoms with Crippen LogP contribution in [-0.4, -0.2) is 55.4 Å². The molecule has 0 aliphatic carbocycles. The van der Waals surface area contributed by atoms with Gasteiger partial charge in [-0.05, 0) is 51.1 Å². The lowest BCUT2D eigenvalue weighted by atomic mass is 10.1. The summed E-state index contributed by atoms with van der Waals surface area (Å²) in [5.41, 5.74) is 0.268. The van der Waals surface area contributed by atoms with E-state index in [9.17, 15) is 14.4 Å². The Bertz CT molecular complexity index is 1040. The highest BCUT2D eigenvalue weighted by Gasteiger charge is 2.32. The maximum absolute atomic E-state index is 13.6. The summed E-state index contributed by atoms with van der Waals surface area (Å²) in [6, 6.07) is 9.32. The molecule has 1 aliphatic heterocycles. The van der Waals surface area contributed by atoms with Gasteiger partial charge in [-0.25, -0.2) is 9.59 Å². The Hall–Kier alpha value is -3.59. The van der Waals surface area contributed by atoms with Gasteiger partial charge >= 0.3 is 11.9 Å². The number of carbonyl (C=O) groups excluding carboxylic acids is 2. The van der Waals surface area contributed by atoms with Crippen molar-refractivity contribution in [1.82, 2.24) is 0 Å². The fraction of sp³-hybridized carbons (Fsp3) is 0.348. The van der Waals surface area contributed by atoms with E-state index in [2.05, 4.69) is 0 Å². The van der Waals surface area contributed by atoms with Gasteiger partial charge in [-0.3, -0.25) is 4.79 Å². The van der Waals surface area contributed by atoms with Crippen LogP contribution in [0.1, 0.15) is 41.5 Å². The Morgan fingerprint density at radius 2 is 1.88 bits per heavy atom. The van der Waals surface area contributed by atoms with Crippen LogP contribution in [-0.2, 0) is 14.3 Å². The summed E-state index contributed by atoms with van der Waals surface area (Å²) >= 11 is 0. The quantitative estimate of drug-likeness (QED) is 0.647. The summed E-state index contributed by atoms with van der Waals surface area (Å²) in [4.78, 5) is 38.1. The Morgan fingerprint density at radius 3 is 2.53 bits per heavy atom. The van der Waals surface area contributed by atoms with E-state index in [0.717, 1.165) is 0 Å². The number of ether oxygens (including phenoxy) is 4. The second-order valence-electron chi connectivity index (χ2n) is 8.01. The Balaban J connectivity index is 2.07. The molecule has 170 valence electrons. The van der Waals surface area contributed by atoms with Crippen molar-refractivity contribution in [2.75, 3.05) is 31.8 Å². The standard InChI is InChI=1S/C23H25NO8/c1-23(2,3)31-11-10-24-15-12-14(22(28)29-4)8-9-16(15)32-18-7-5-6-17(20(18)21(24)27)30-13-19(25)26/h5-9,12H,10-11,13H2,1-4H3,(H,25,26). The number of fused-ring (bicyclic) bond motifs is 2. The van der Waals surface area contributed by atoms with Crippen LogP contribution in [0.4, 0.5) is 5.69 Å². The molecule has 32 heavy (non-hydrogen) atoms. The second-order valence-corrected chi connectivity index (χ2v) is 8.01. The Kier molecular flexibility index (Phi) is 6.69. The van der Waals surface area contributed by atoms with Crippen LogP contribution < -0.4 is 14.4 Å². The number of hydrogen-bond donors (Lipinski definition) is 1. The fourth-order valence-corrected chi connectivity index (χ4v) is 3.15. The normalized spacial score (nSPS) is 12.9. The van der Waals surface area contributed by atoms with Crippen LogP contribution in [0.2, 0.25) is 0 Å². The zero-order valence-electron chi connectivity index (χ0n) is 18.3. The second kappa shape index (κ2) is 9.27. The van der Waals surface area contributed by atoms with Gasteiger partial charge in [-0.2, -0.15) is 0 Å². The first-order valence-corrected chi connectivity index (χ1v) is 9.94. The zero-order chi connectivity index (χ0) is 23.5. The van der Waals surface area contributed by atoms with E-state index in [1.807, 2.05) is 20.8 Å². The van der Waals surface area contributed by atoms with Crippen LogP contribution in [0, 0.1) is 0 Å². The summed E-state index contributed by atoms with van der Waals surface area (Å²) < 4.78 is 21.9. The first-order chi connectivity index (χ1) is 15.1. The van der Waals surface area contributed by atoms with Gasteiger partial charge in [0.1, 0.15) is 17.1 Å². The third-order valence-corrected chi connectivity index (χ3v) is 4.54. The number of anilines is 1. The van der Waals surface area contributed by atoms with Gasteiger partial charge in [0.15, 0.2) is 12.4 Å². The van der Waals surface area contributed by atoms with Crippen LogP contribution in [0.3, 0.4) is 0 Å². The largest absolute Gasteiger partial charge is 0.481 e. The van der Waals surface area contributed by atoms with E-state index >= 15 is 0 Å². The summed E-state index contributed by atoms with van der Waals surface area (Å²) in [6.07, 6.45) is 0. The van der Waals surface area contributed by atoms with Gasteiger partial charge in [0.25, 0.3) is 5.91 Å². The van der Waals surface area contributed by atoms with Crippen LogP contribution in [0.5, 0.6) is 17.2 Å². The SMILES string of the molecule is COC(=O)c1ccc2c(c1)N(CCOC(C)(C)C)C(=O)c1c(OCC(=O)O)cccc1O2. The number of amides is 1. The van der Waals surface area contributed by atoms with Crippen LogP contribution in [0.25, 0.3) is 0 Å². The number of esters is 1.